The van der Waals surface area contributed by atoms with Gasteiger partial charge in [0.25, 0.3) is 5.91 Å². The van der Waals surface area contributed by atoms with Crippen molar-refractivity contribution in [3.8, 4) is 5.75 Å². The van der Waals surface area contributed by atoms with Crippen LogP contribution in [-0.2, 0) is 10.0 Å². The summed E-state index contributed by atoms with van der Waals surface area (Å²) in [6.45, 7) is 1.09. The van der Waals surface area contributed by atoms with Gasteiger partial charge >= 0.3 is 0 Å². The maximum absolute atomic E-state index is 12.8. The van der Waals surface area contributed by atoms with Gasteiger partial charge in [0.2, 0.25) is 10.0 Å². The summed E-state index contributed by atoms with van der Waals surface area (Å²) in [5.74, 6) is 0.169. The Morgan fingerprint density at radius 3 is 2.25 bits per heavy atom. The van der Waals surface area contributed by atoms with Crippen LogP contribution < -0.4 is 10.1 Å². The Bertz CT molecular complexity index is 937. The van der Waals surface area contributed by atoms with Crippen LogP contribution in [0.4, 0.5) is 5.69 Å². The number of halogens is 1. The summed E-state index contributed by atoms with van der Waals surface area (Å²) in [6, 6.07) is 10.9. The summed E-state index contributed by atoms with van der Waals surface area (Å²) in [5.41, 5.74) is 0.888. The van der Waals surface area contributed by atoms with Crippen LogP contribution in [-0.4, -0.2) is 38.8 Å². The molecule has 0 bridgehead atoms. The third-order valence-electron chi connectivity index (χ3n) is 4.73. The molecule has 3 rings (SSSR count). The molecule has 0 atom stereocenters. The van der Waals surface area contributed by atoms with Gasteiger partial charge in [0.15, 0.2) is 0 Å². The van der Waals surface area contributed by atoms with Crippen molar-refractivity contribution in [1.82, 2.24) is 4.31 Å². The van der Waals surface area contributed by atoms with E-state index in [-0.39, 0.29) is 10.8 Å². The first-order chi connectivity index (χ1) is 13.4. The van der Waals surface area contributed by atoms with E-state index in [0.29, 0.717) is 35.1 Å². The van der Waals surface area contributed by atoms with Crippen molar-refractivity contribution < 1.29 is 17.9 Å². The van der Waals surface area contributed by atoms with E-state index in [9.17, 15) is 13.2 Å². The molecule has 1 N–H and O–H groups in total. The van der Waals surface area contributed by atoms with E-state index >= 15 is 0 Å². The number of benzene rings is 2. The van der Waals surface area contributed by atoms with Gasteiger partial charge in [-0.15, -0.1) is 0 Å². The highest BCUT2D eigenvalue weighted by atomic mass is 35.5. The molecule has 8 heteroatoms. The molecule has 0 aromatic heterocycles. The molecule has 1 aliphatic heterocycles. The molecule has 1 fully saturated rings. The van der Waals surface area contributed by atoms with Crippen LogP contribution in [0.25, 0.3) is 0 Å². The molecule has 150 valence electrons. The molecular formula is C20H23ClN2O4S. The molecule has 2 aromatic carbocycles. The SMILES string of the molecule is COc1ccc(NC(=O)c2ccc(S(=O)(=O)N3CCCCCC3)cc2)cc1Cl. The first-order valence-corrected chi connectivity index (χ1v) is 11.0. The summed E-state index contributed by atoms with van der Waals surface area (Å²) in [5, 5.41) is 3.13. The monoisotopic (exact) mass is 422 g/mol. The third-order valence-corrected chi connectivity index (χ3v) is 6.94. The van der Waals surface area contributed by atoms with E-state index < -0.39 is 10.0 Å². The Balaban J connectivity index is 1.72. The predicted molar refractivity (Wildman–Crippen MR) is 110 cm³/mol. The van der Waals surface area contributed by atoms with E-state index in [2.05, 4.69) is 5.32 Å². The zero-order chi connectivity index (χ0) is 20.1. The molecule has 0 unspecified atom stereocenters. The Labute approximate surface area is 170 Å². The lowest BCUT2D eigenvalue weighted by atomic mass is 10.2. The minimum absolute atomic E-state index is 0.207. The number of rotatable bonds is 5. The van der Waals surface area contributed by atoms with Crippen molar-refractivity contribution >= 4 is 33.2 Å². The predicted octanol–water partition coefficient (Wildman–Crippen LogP) is 4.17. The van der Waals surface area contributed by atoms with Gasteiger partial charge in [-0.1, -0.05) is 24.4 Å². The number of anilines is 1. The van der Waals surface area contributed by atoms with Crippen molar-refractivity contribution in [3.05, 3.63) is 53.1 Å². The molecule has 0 aliphatic carbocycles. The van der Waals surface area contributed by atoms with Crippen molar-refractivity contribution in [2.45, 2.75) is 30.6 Å². The molecule has 2 aromatic rings. The van der Waals surface area contributed by atoms with Gasteiger partial charge in [0.05, 0.1) is 17.0 Å². The summed E-state index contributed by atoms with van der Waals surface area (Å²) in [4.78, 5) is 12.6. The van der Waals surface area contributed by atoms with Gasteiger partial charge in [-0.3, -0.25) is 4.79 Å². The number of methoxy groups -OCH3 is 1. The van der Waals surface area contributed by atoms with Crippen molar-refractivity contribution in [2.24, 2.45) is 0 Å². The molecule has 1 heterocycles. The fraction of sp³-hybridized carbons (Fsp3) is 0.350. The summed E-state index contributed by atoms with van der Waals surface area (Å²) in [6.07, 6.45) is 3.87. The lowest BCUT2D eigenvalue weighted by Crippen LogP contribution is -2.31. The molecule has 1 aliphatic rings. The quantitative estimate of drug-likeness (QED) is 0.784. The minimum atomic E-state index is -3.53. The largest absolute Gasteiger partial charge is 0.495 e. The summed E-state index contributed by atoms with van der Waals surface area (Å²) >= 11 is 6.07. The standard InChI is InChI=1S/C20H23ClN2O4S/c1-27-19-11-8-16(14-18(19)21)22-20(24)15-6-9-17(10-7-15)28(25,26)23-12-4-2-3-5-13-23/h6-11,14H,2-5,12-13H2,1H3,(H,22,24). The maximum Gasteiger partial charge on any atom is 0.255 e. The topological polar surface area (TPSA) is 75.7 Å². The Morgan fingerprint density at radius 2 is 1.68 bits per heavy atom. The average molecular weight is 423 g/mol. The van der Waals surface area contributed by atoms with Crippen molar-refractivity contribution in [1.29, 1.82) is 0 Å². The zero-order valence-electron chi connectivity index (χ0n) is 15.7. The van der Waals surface area contributed by atoms with Crippen LogP contribution in [0.5, 0.6) is 5.75 Å². The van der Waals surface area contributed by atoms with Crippen LogP contribution in [0.1, 0.15) is 36.0 Å². The first-order valence-electron chi connectivity index (χ1n) is 9.17. The van der Waals surface area contributed by atoms with Crippen LogP contribution in [0.3, 0.4) is 0 Å². The zero-order valence-corrected chi connectivity index (χ0v) is 17.2. The van der Waals surface area contributed by atoms with Gasteiger partial charge in [-0.05, 0) is 55.3 Å². The molecule has 0 saturated carbocycles. The number of carbonyl (C=O) groups is 1. The molecule has 1 amide bonds. The van der Waals surface area contributed by atoms with E-state index in [1.807, 2.05) is 0 Å². The van der Waals surface area contributed by atoms with Crippen LogP contribution >= 0.6 is 11.6 Å². The number of sulfonamides is 1. The van der Waals surface area contributed by atoms with Crippen LogP contribution in [0.15, 0.2) is 47.4 Å². The molecule has 0 spiro atoms. The van der Waals surface area contributed by atoms with Gasteiger partial charge in [-0.2, -0.15) is 4.31 Å². The molecular weight excluding hydrogens is 400 g/mol. The van der Waals surface area contributed by atoms with Gasteiger partial charge in [0.1, 0.15) is 5.75 Å². The Kier molecular flexibility index (Phi) is 6.59. The molecule has 6 nitrogen and oxygen atoms in total. The number of nitrogens with one attached hydrogen (secondary N) is 1. The highest BCUT2D eigenvalue weighted by Crippen LogP contribution is 2.27. The number of hydrogen-bond donors (Lipinski definition) is 1. The van der Waals surface area contributed by atoms with E-state index in [4.69, 9.17) is 16.3 Å². The normalized spacial score (nSPS) is 15.6. The van der Waals surface area contributed by atoms with Crippen LogP contribution in [0.2, 0.25) is 5.02 Å². The van der Waals surface area contributed by atoms with E-state index in [1.54, 1.807) is 18.2 Å². The van der Waals surface area contributed by atoms with Gasteiger partial charge in [0, 0.05) is 24.3 Å². The lowest BCUT2D eigenvalue weighted by Gasteiger charge is -2.20. The van der Waals surface area contributed by atoms with Gasteiger partial charge < -0.3 is 10.1 Å². The third kappa shape index (κ3) is 4.66. The van der Waals surface area contributed by atoms with Crippen LogP contribution in [0, 0.1) is 0 Å². The highest BCUT2D eigenvalue weighted by Gasteiger charge is 2.25. The minimum Gasteiger partial charge on any atom is -0.495 e. The van der Waals surface area contributed by atoms with E-state index in [1.165, 1.54) is 35.7 Å². The van der Waals surface area contributed by atoms with Crippen molar-refractivity contribution in [3.63, 3.8) is 0 Å². The maximum atomic E-state index is 12.8. The van der Waals surface area contributed by atoms with Crippen molar-refractivity contribution in [2.75, 3.05) is 25.5 Å². The number of nitrogens with zero attached hydrogens (tertiary/aromatic N) is 1. The van der Waals surface area contributed by atoms with Gasteiger partial charge in [-0.25, -0.2) is 8.42 Å². The number of amides is 1. The fourth-order valence-corrected chi connectivity index (χ4v) is 4.93. The lowest BCUT2D eigenvalue weighted by molar-refractivity contribution is 0.102. The Hall–Kier alpha value is -2.09. The Morgan fingerprint density at radius 1 is 1.04 bits per heavy atom. The van der Waals surface area contributed by atoms with E-state index in [0.717, 1.165) is 25.7 Å². The fourth-order valence-electron chi connectivity index (χ4n) is 3.16. The highest BCUT2D eigenvalue weighted by molar-refractivity contribution is 7.89. The first kappa shape index (κ1) is 20.6. The second-order valence-electron chi connectivity index (χ2n) is 6.65. The molecule has 1 saturated heterocycles. The summed E-state index contributed by atoms with van der Waals surface area (Å²) in [7, 11) is -2.02. The number of ether oxygens (including phenoxy) is 1. The number of hydrogen-bond acceptors (Lipinski definition) is 4. The molecule has 28 heavy (non-hydrogen) atoms. The average Bonchev–Trinajstić information content (AvgIpc) is 2.98. The summed E-state index contributed by atoms with van der Waals surface area (Å²) < 4.78 is 32.2. The number of carbonyl (C=O) groups excluding carboxylic acids is 1. The second-order valence-corrected chi connectivity index (χ2v) is 8.99. The molecule has 0 radical (unpaired) electrons. The smallest absolute Gasteiger partial charge is 0.255 e. The second kappa shape index (κ2) is 8.94.